The number of hydrogen-bond acceptors (Lipinski definition) is 6. The molecule has 25 heavy (non-hydrogen) atoms. The molecule has 7 nitrogen and oxygen atoms in total. The summed E-state index contributed by atoms with van der Waals surface area (Å²) in [5, 5.41) is 11.9. The minimum absolute atomic E-state index is 0.0478. The van der Waals surface area contributed by atoms with E-state index in [-0.39, 0.29) is 16.5 Å². The zero-order valence-corrected chi connectivity index (χ0v) is 16.2. The molecule has 0 aliphatic rings. The topological polar surface area (TPSA) is 101 Å². The minimum Gasteiger partial charge on any atom is -0.296 e. The monoisotopic (exact) mass is 382 g/mol. The van der Waals surface area contributed by atoms with Crippen LogP contribution in [0.5, 0.6) is 0 Å². The van der Waals surface area contributed by atoms with E-state index in [0.717, 1.165) is 11.4 Å². The van der Waals surface area contributed by atoms with Crippen molar-refractivity contribution < 1.29 is 13.2 Å². The summed E-state index contributed by atoms with van der Waals surface area (Å²) in [7, 11) is -3.65. The van der Waals surface area contributed by atoms with E-state index in [1.165, 1.54) is 29.5 Å². The van der Waals surface area contributed by atoms with Crippen LogP contribution in [0.4, 0.5) is 5.13 Å². The van der Waals surface area contributed by atoms with Gasteiger partial charge in [0.2, 0.25) is 15.2 Å². The van der Waals surface area contributed by atoms with Gasteiger partial charge in [-0.2, -0.15) is 0 Å². The predicted molar refractivity (Wildman–Crippen MR) is 98.3 cm³/mol. The first-order chi connectivity index (χ1) is 11.7. The maximum atomic E-state index is 12.4. The predicted octanol–water partition coefficient (Wildman–Crippen LogP) is 2.68. The first-order valence-corrected chi connectivity index (χ1v) is 10.2. The Kier molecular flexibility index (Phi) is 6.26. The summed E-state index contributed by atoms with van der Waals surface area (Å²) in [6.45, 7) is 7.63. The van der Waals surface area contributed by atoms with Gasteiger partial charge in [0.1, 0.15) is 5.01 Å². The molecule has 0 spiro atoms. The van der Waals surface area contributed by atoms with Gasteiger partial charge >= 0.3 is 0 Å². The molecule has 136 valence electrons. The van der Waals surface area contributed by atoms with E-state index >= 15 is 0 Å². The second-order valence-electron chi connectivity index (χ2n) is 6.36. The van der Waals surface area contributed by atoms with E-state index in [4.69, 9.17) is 0 Å². The van der Waals surface area contributed by atoms with Gasteiger partial charge in [-0.05, 0) is 38.0 Å². The molecule has 0 aliphatic carbocycles. The fourth-order valence-corrected chi connectivity index (χ4v) is 4.33. The number of nitrogens with zero attached hydrogens (tertiary/aromatic N) is 2. The van der Waals surface area contributed by atoms with Crippen LogP contribution in [-0.2, 0) is 16.4 Å². The molecule has 1 aromatic heterocycles. The van der Waals surface area contributed by atoms with Crippen LogP contribution < -0.4 is 10.0 Å². The lowest BCUT2D eigenvalue weighted by atomic mass is 10.1. The number of carbonyl (C=O) groups excluding carboxylic acids is 1. The van der Waals surface area contributed by atoms with Crippen LogP contribution in [0.3, 0.4) is 0 Å². The molecule has 0 fully saturated rings. The van der Waals surface area contributed by atoms with Gasteiger partial charge in [-0.3, -0.25) is 10.1 Å². The molecule has 2 aromatic rings. The lowest BCUT2D eigenvalue weighted by molar-refractivity contribution is 0.102. The summed E-state index contributed by atoms with van der Waals surface area (Å²) in [4.78, 5) is 12.4. The number of sulfonamides is 1. The van der Waals surface area contributed by atoms with Crippen LogP contribution in [0.1, 0.15) is 43.1 Å². The van der Waals surface area contributed by atoms with E-state index < -0.39 is 15.9 Å². The van der Waals surface area contributed by atoms with Crippen LogP contribution in [-0.4, -0.2) is 30.6 Å². The standard InChI is InChI=1S/C16H22N4O3S2/c1-10(2)8-14-18-19-16(24-14)17-15(21)12-6-5-7-13(9-12)25(22,23)20-11(3)4/h5-7,9-11,20H,8H2,1-4H3,(H,17,19,21). The molecule has 1 aromatic carbocycles. The van der Waals surface area contributed by atoms with Gasteiger partial charge in [0.05, 0.1) is 4.90 Å². The SMILES string of the molecule is CC(C)Cc1nnc(NC(=O)c2cccc(S(=O)(=O)NC(C)C)c2)s1. The number of anilines is 1. The van der Waals surface area contributed by atoms with Crippen LogP contribution in [0.25, 0.3) is 0 Å². The molecule has 1 heterocycles. The molecule has 0 bridgehead atoms. The van der Waals surface area contributed by atoms with Crippen LogP contribution >= 0.6 is 11.3 Å². The number of hydrogen-bond donors (Lipinski definition) is 2. The first-order valence-electron chi connectivity index (χ1n) is 7.93. The largest absolute Gasteiger partial charge is 0.296 e. The smallest absolute Gasteiger partial charge is 0.257 e. The zero-order valence-electron chi connectivity index (χ0n) is 14.6. The molecule has 1 amide bonds. The Morgan fingerprint density at radius 3 is 2.56 bits per heavy atom. The highest BCUT2D eigenvalue weighted by atomic mass is 32.2. The van der Waals surface area contributed by atoms with Gasteiger partial charge in [0.15, 0.2) is 0 Å². The number of rotatable bonds is 7. The van der Waals surface area contributed by atoms with E-state index in [0.29, 0.717) is 11.0 Å². The van der Waals surface area contributed by atoms with Crippen molar-refractivity contribution in [1.82, 2.24) is 14.9 Å². The molecule has 0 saturated carbocycles. The maximum Gasteiger partial charge on any atom is 0.257 e. The van der Waals surface area contributed by atoms with Gasteiger partial charge in [-0.15, -0.1) is 10.2 Å². The summed E-state index contributed by atoms with van der Waals surface area (Å²) < 4.78 is 26.9. The third kappa shape index (κ3) is 5.58. The van der Waals surface area contributed by atoms with Crippen molar-refractivity contribution in [2.45, 2.75) is 45.1 Å². The molecular formula is C16H22N4O3S2. The molecule has 0 radical (unpaired) electrons. The number of carbonyl (C=O) groups is 1. The number of amides is 1. The summed E-state index contributed by atoms with van der Waals surface area (Å²) in [6, 6.07) is 5.65. The Labute approximate surface area is 151 Å². The highest BCUT2D eigenvalue weighted by Gasteiger charge is 2.18. The molecule has 9 heteroatoms. The molecule has 2 N–H and O–H groups in total. The molecule has 0 saturated heterocycles. The Bertz CT molecular complexity index is 845. The van der Waals surface area contributed by atoms with Crippen molar-refractivity contribution in [3.8, 4) is 0 Å². The van der Waals surface area contributed by atoms with E-state index in [1.54, 1.807) is 19.9 Å². The van der Waals surface area contributed by atoms with Crippen LogP contribution in [0.2, 0.25) is 0 Å². The van der Waals surface area contributed by atoms with E-state index in [9.17, 15) is 13.2 Å². The second kappa shape index (κ2) is 8.03. The van der Waals surface area contributed by atoms with Gasteiger partial charge in [0.25, 0.3) is 5.91 Å². The van der Waals surface area contributed by atoms with Crippen LogP contribution in [0, 0.1) is 5.92 Å². The van der Waals surface area contributed by atoms with Crippen molar-refractivity contribution in [2.24, 2.45) is 5.92 Å². The fourth-order valence-electron chi connectivity index (χ4n) is 2.09. The highest BCUT2D eigenvalue weighted by molar-refractivity contribution is 7.89. The van der Waals surface area contributed by atoms with Gasteiger partial charge < -0.3 is 0 Å². The average Bonchev–Trinajstić information content (AvgIpc) is 2.92. The van der Waals surface area contributed by atoms with Crippen LogP contribution in [0.15, 0.2) is 29.2 Å². The van der Waals surface area contributed by atoms with E-state index in [2.05, 4.69) is 34.1 Å². The lowest BCUT2D eigenvalue weighted by Crippen LogP contribution is -2.30. The minimum atomic E-state index is -3.65. The first kappa shape index (κ1) is 19.5. The number of aromatic nitrogens is 2. The molecule has 2 rings (SSSR count). The average molecular weight is 383 g/mol. The lowest BCUT2D eigenvalue weighted by Gasteiger charge is -2.10. The van der Waals surface area contributed by atoms with Gasteiger partial charge in [-0.25, -0.2) is 13.1 Å². The highest BCUT2D eigenvalue weighted by Crippen LogP contribution is 2.19. The summed E-state index contributed by atoms with van der Waals surface area (Å²) in [6.07, 6.45) is 0.794. The molecular weight excluding hydrogens is 360 g/mol. The van der Waals surface area contributed by atoms with E-state index in [1.807, 2.05) is 0 Å². The Hall–Kier alpha value is -1.84. The number of nitrogens with one attached hydrogen (secondary N) is 2. The quantitative estimate of drug-likeness (QED) is 0.767. The summed E-state index contributed by atoms with van der Waals surface area (Å²) in [5.41, 5.74) is 0.243. The third-order valence-corrected chi connectivity index (χ3v) is 5.58. The van der Waals surface area contributed by atoms with Crippen molar-refractivity contribution in [3.63, 3.8) is 0 Å². The van der Waals surface area contributed by atoms with Crippen molar-refractivity contribution in [1.29, 1.82) is 0 Å². The Morgan fingerprint density at radius 2 is 1.92 bits per heavy atom. The summed E-state index contributed by atoms with van der Waals surface area (Å²) in [5.74, 6) is 0.0284. The summed E-state index contributed by atoms with van der Waals surface area (Å²) >= 11 is 1.32. The third-order valence-electron chi connectivity index (χ3n) is 3.07. The Balaban J connectivity index is 2.15. The fraction of sp³-hybridized carbons (Fsp3) is 0.438. The normalized spacial score (nSPS) is 11.9. The second-order valence-corrected chi connectivity index (χ2v) is 9.13. The maximum absolute atomic E-state index is 12.4. The number of benzene rings is 1. The van der Waals surface area contributed by atoms with Crippen molar-refractivity contribution in [3.05, 3.63) is 34.8 Å². The Morgan fingerprint density at radius 1 is 1.20 bits per heavy atom. The molecule has 0 aliphatic heterocycles. The zero-order chi connectivity index (χ0) is 18.6. The van der Waals surface area contributed by atoms with Crippen molar-refractivity contribution >= 4 is 32.4 Å². The molecule has 0 atom stereocenters. The van der Waals surface area contributed by atoms with Gasteiger partial charge in [0, 0.05) is 18.0 Å². The van der Waals surface area contributed by atoms with Gasteiger partial charge in [-0.1, -0.05) is 31.3 Å². The van der Waals surface area contributed by atoms with Crippen molar-refractivity contribution in [2.75, 3.05) is 5.32 Å². The molecule has 0 unspecified atom stereocenters.